The molecular formula is C47H41N3O6. The molecule has 0 spiro atoms. The molecule has 9 nitrogen and oxygen atoms in total. The van der Waals surface area contributed by atoms with Gasteiger partial charge in [0.15, 0.2) is 0 Å². The predicted octanol–water partition coefficient (Wildman–Crippen LogP) is 7.46. The molecule has 2 aliphatic carbocycles. The molecule has 4 aliphatic rings. The van der Waals surface area contributed by atoms with E-state index in [2.05, 4.69) is 5.43 Å². The van der Waals surface area contributed by atoms with Gasteiger partial charge in [0.2, 0.25) is 11.8 Å². The number of phenolic OH excluding ortho intramolecular Hbond substituents is 1. The van der Waals surface area contributed by atoms with Crippen molar-refractivity contribution in [2.75, 3.05) is 5.43 Å². The van der Waals surface area contributed by atoms with Crippen LogP contribution >= 0.6 is 0 Å². The number of fused-ring (bicyclic) bond motifs is 4. The quantitative estimate of drug-likeness (QED) is 0.119. The Bertz CT molecular complexity index is 2360. The van der Waals surface area contributed by atoms with Gasteiger partial charge in [-0.2, -0.15) is 5.01 Å². The van der Waals surface area contributed by atoms with Gasteiger partial charge in [-0.15, -0.1) is 0 Å². The molecule has 280 valence electrons. The van der Waals surface area contributed by atoms with Crippen LogP contribution in [0.1, 0.15) is 46.6 Å². The van der Waals surface area contributed by atoms with Crippen LogP contribution in [0.3, 0.4) is 0 Å². The molecule has 4 amide bonds. The highest BCUT2D eigenvalue weighted by atomic mass is 16.5. The molecule has 6 atom stereocenters. The third-order valence-corrected chi connectivity index (χ3v) is 12.2. The van der Waals surface area contributed by atoms with E-state index in [-0.39, 0.29) is 37.1 Å². The van der Waals surface area contributed by atoms with Crippen LogP contribution in [0.15, 0.2) is 145 Å². The maximum absolute atomic E-state index is 15.4. The zero-order valence-corrected chi connectivity index (χ0v) is 30.9. The Balaban J connectivity index is 1.18. The number of phenols is 1. The smallest absolute Gasteiger partial charge is 0.260 e. The second kappa shape index (κ2) is 14.0. The Kier molecular flexibility index (Phi) is 8.80. The molecule has 2 N–H and O–H groups in total. The monoisotopic (exact) mass is 743 g/mol. The second-order valence-corrected chi connectivity index (χ2v) is 15.3. The fourth-order valence-electron chi connectivity index (χ4n) is 9.68. The van der Waals surface area contributed by atoms with Crippen LogP contribution < -0.4 is 10.2 Å². The number of aromatic hydroxyl groups is 1. The number of carbonyl (C=O) groups excluding carboxylic acids is 4. The topological polar surface area (TPSA) is 116 Å². The van der Waals surface area contributed by atoms with Crippen LogP contribution in [0, 0.1) is 30.6 Å². The lowest BCUT2D eigenvalue weighted by Gasteiger charge is -2.50. The number of aryl methyl sites for hydroxylation is 1. The Hall–Kier alpha value is -6.48. The van der Waals surface area contributed by atoms with E-state index in [4.69, 9.17) is 4.74 Å². The minimum Gasteiger partial charge on any atom is -0.508 e. The van der Waals surface area contributed by atoms with E-state index in [1.54, 1.807) is 18.2 Å². The molecule has 0 unspecified atom stereocenters. The van der Waals surface area contributed by atoms with Crippen LogP contribution in [-0.4, -0.2) is 38.6 Å². The zero-order chi connectivity index (χ0) is 38.6. The molecule has 9 heteroatoms. The first-order valence-corrected chi connectivity index (χ1v) is 19.1. The van der Waals surface area contributed by atoms with Crippen LogP contribution in [-0.2, 0) is 37.7 Å². The number of carbonyl (C=O) groups is 4. The van der Waals surface area contributed by atoms with Crippen LogP contribution in [0.25, 0.3) is 0 Å². The third kappa shape index (κ3) is 5.68. The van der Waals surface area contributed by atoms with E-state index in [0.29, 0.717) is 29.0 Å². The SMILES string of the molecule is Cc1ccc(NN2C(=O)[C@@H]3C[C@@H]4C(=CC[C@@H]5C(=O)N(Cc6ccccc6)C(=O)[C@@H]54)[C@H](c4ccc(OCc5ccccc5)cc4O)[C@]3(c3ccccc3)C2=O)cc1. The van der Waals surface area contributed by atoms with Gasteiger partial charge >= 0.3 is 0 Å². The molecule has 2 saturated heterocycles. The van der Waals surface area contributed by atoms with E-state index < -0.39 is 46.8 Å². The Morgan fingerprint density at radius 2 is 1.41 bits per heavy atom. The molecule has 0 bridgehead atoms. The lowest BCUT2D eigenvalue weighted by Crippen LogP contribution is -2.53. The summed E-state index contributed by atoms with van der Waals surface area (Å²) in [5.41, 5.74) is 6.89. The van der Waals surface area contributed by atoms with Crippen molar-refractivity contribution >= 4 is 29.3 Å². The van der Waals surface area contributed by atoms with E-state index in [0.717, 1.165) is 27.3 Å². The maximum atomic E-state index is 15.4. The van der Waals surface area contributed by atoms with Gasteiger partial charge in [0.05, 0.1) is 35.4 Å². The summed E-state index contributed by atoms with van der Waals surface area (Å²) in [5.74, 6) is -4.67. The second-order valence-electron chi connectivity index (χ2n) is 15.3. The van der Waals surface area contributed by atoms with Gasteiger partial charge < -0.3 is 9.84 Å². The van der Waals surface area contributed by atoms with Gasteiger partial charge in [0.25, 0.3) is 11.8 Å². The number of ether oxygens (including phenoxy) is 1. The Morgan fingerprint density at radius 3 is 2.09 bits per heavy atom. The van der Waals surface area contributed by atoms with E-state index in [1.807, 2.05) is 128 Å². The van der Waals surface area contributed by atoms with Crippen molar-refractivity contribution in [3.63, 3.8) is 0 Å². The first-order chi connectivity index (χ1) is 27.3. The normalized spacial score (nSPS) is 25.4. The molecule has 0 radical (unpaired) electrons. The standard InChI is InChI=1S/C47H41N3O6/c1-29-17-19-33(20-18-29)48-50-44(53)39-26-38-35(23-24-37-41(38)45(54)49(43(37)52)27-30-11-5-2-6-12-30)42(47(39,46(50)55)32-15-9-4-10-16-32)36-22-21-34(25-40(36)51)56-28-31-13-7-3-8-14-31/h2-23,25,37-39,41-42,48,51H,24,26-28H2,1H3/t37-,38+,39-,41-,42+,47+/m0/s1. The number of nitrogens with one attached hydrogen (secondary N) is 1. The molecule has 2 heterocycles. The summed E-state index contributed by atoms with van der Waals surface area (Å²) in [6.07, 6.45) is 2.47. The summed E-state index contributed by atoms with van der Waals surface area (Å²) in [5, 5.41) is 13.1. The molecule has 3 fully saturated rings. The van der Waals surface area contributed by atoms with Crippen molar-refractivity contribution in [2.24, 2.45) is 23.7 Å². The summed E-state index contributed by atoms with van der Waals surface area (Å²) in [6, 6.07) is 41.0. The number of rotatable bonds is 9. The van der Waals surface area contributed by atoms with E-state index in [9.17, 15) is 19.5 Å². The van der Waals surface area contributed by atoms with Crippen molar-refractivity contribution < 1.29 is 29.0 Å². The minimum absolute atomic E-state index is 0.0944. The lowest BCUT2D eigenvalue weighted by atomic mass is 9.49. The fraction of sp³-hybridized carbons (Fsp3) is 0.234. The molecule has 56 heavy (non-hydrogen) atoms. The number of nitrogens with zero attached hydrogens (tertiary/aromatic N) is 2. The summed E-state index contributed by atoms with van der Waals surface area (Å²) in [6.45, 7) is 2.41. The van der Waals surface area contributed by atoms with Gasteiger partial charge in [-0.1, -0.05) is 126 Å². The van der Waals surface area contributed by atoms with Crippen LogP contribution in [0.4, 0.5) is 5.69 Å². The van der Waals surface area contributed by atoms with Gasteiger partial charge in [0.1, 0.15) is 18.1 Å². The van der Waals surface area contributed by atoms with Gasteiger partial charge in [-0.3, -0.25) is 29.5 Å². The van der Waals surface area contributed by atoms with Crippen LogP contribution in [0.2, 0.25) is 0 Å². The first kappa shape index (κ1) is 35.2. The highest BCUT2D eigenvalue weighted by molar-refractivity contribution is 6.13. The zero-order valence-electron chi connectivity index (χ0n) is 30.9. The number of anilines is 1. The largest absolute Gasteiger partial charge is 0.508 e. The highest BCUT2D eigenvalue weighted by Crippen LogP contribution is 2.65. The van der Waals surface area contributed by atoms with Crippen molar-refractivity contribution in [3.05, 3.63) is 173 Å². The maximum Gasteiger partial charge on any atom is 0.260 e. The summed E-state index contributed by atoms with van der Waals surface area (Å²) in [4.78, 5) is 60.2. The summed E-state index contributed by atoms with van der Waals surface area (Å²) >= 11 is 0. The number of hydrogen-bond acceptors (Lipinski definition) is 7. The van der Waals surface area contributed by atoms with Crippen molar-refractivity contribution in [1.29, 1.82) is 0 Å². The molecule has 9 rings (SSSR count). The number of allylic oxidation sites excluding steroid dienone is 2. The highest BCUT2D eigenvalue weighted by Gasteiger charge is 2.70. The van der Waals surface area contributed by atoms with Crippen molar-refractivity contribution in [1.82, 2.24) is 9.91 Å². The number of likely N-dealkylation sites (tertiary alicyclic amines) is 1. The molecule has 5 aromatic carbocycles. The summed E-state index contributed by atoms with van der Waals surface area (Å²) < 4.78 is 6.09. The summed E-state index contributed by atoms with van der Waals surface area (Å²) in [7, 11) is 0. The fourth-order valence-corrected chi connectivity index (χ4v) is 9.68. The molecular weight excluding hydrogens is 703 g/mol. The number of benzene rings is 5. The van der Waals surface area contributed by atoms with Gasteiger partial charge in [-0.25, -0.2) is 0 Å². The van der Waals surface area contributed by atoms with Crippen LogP contribution in [0.5, 0.6) is 11.5 Å². The predicted molar refractivity (Wildman–Crippen MR) is 210 cm³/mol. The number of hydrogen-bond donors (Lipinski definition) is 2. The average Bonchev–Trinajstić information content (AvgIpc) is 3.59. The third-order valence-electron chi connectivity index (χ3n) is 12.2. The first-order valence-electron chi connectivity index (χ1n) is 19.1. The average molecular weight is 744 g/mol. The number of amides is 4. The minimum atomic E-state index is -1.50. The molecule has 2 aliphatic heterocycles. The van der Waals surface area contributed by atoms with Crippen molar-refractivity contribution in [2.45, 2.75) is 44.2 Å². The number of hydrazine groups is 1. The Labute approximate surface area is 325 Å². The van der Waals surface area contributed by atoms with Gasteiger partial charge in [-0.05, 0) is 60.6 Å². The molecule has 1 saturated carbocycles. The lowest BCUT2D eigenvalue weighted by molar-refractivity contribution is -0.142. The number of imide groups is 2. The van der Waals surface area contributed by atoms with E-state index in [1.165, 1.54) is 4.90 Å². The molecule has 0 aromatic heterocycles. The van der Waals surface area contributed by atoms with Gasteiger partial charge in [0, 0.05) is 17.5 Å². The van der Waals surface area contributed by atoms with Crippen molar-refractivity contribution in [3.8, 4) is 11.5 Å². The van der Waals surface area contributed by atoms with E-state index >= 15 is 4.79 Å². The molecule has 5 aromatic rings. The Morgan fingerprint density at radius 1 is 0.750 bits per heavy atom.